The zero-order chi connectivity index (χ0) is 11.8. The summed E-state index contributed by atoms with van der Waals surface area (Å²) >= 11 is 8.22. The van der Waals surface area contributed by atoms with E-state index < -0.39 is 28.7 Å². The van der Waals surface area contributed by atoms with Crippen LogP contribution in [0.3, 0.4) is 0 Å². The molecule has 0 aliphatic heterocycles. The number of benzene rings is 1. The molecule has 1 nitrogen and oxygen atoms in total. The lowest BCUT2D eigenvalue weighted by atomic mass is 10.1. The van der Waals surface area contributed by atoms with E-state index in [2.05, 4.69) is 15.9 Å². The van der Waals surface area contributed by atoms with E-state index in [1.807, 2.05) is 0 Å². The number of hydrogen-bond donors (Lipinski definition) is 1. The SMILES string of the molecule is O[C@H](c1ccc(Br)c(Cl)c1F)C(F)(F)F. The van der Waals surface area contributed by atoms with Crippen LogP contribution in [-0.4, -0.2) is 11.3 Å². The van der Waals surface area contributed by atoms with Crippen LogP contribution in [0.2, 0.25) is 5.02 Å². The molecule has 0 aromatic heterocycles. The molecule has 1 atom stereocenters. The maximum Gasteiger partial charge on any atom is 0.418 e. The second-order valence-electron chi connectivity index (χ2n) is 2.71. The Kier molecular flexibility index (Phi) is 3.63. The van der Waals surface area contributed by atoms with Gasteiger partial charge in [-0.25, -0.2) is 4.39 Å². The van der Waals surface area contributed by atoms with Crippen LogP contribution in [0.5, 0.6) is 0 Å². The summed E-state index contributed by atoms with van der Waals surface area (Å²) in [5.41, 5.74) is -0.893. The Hall–Kier alpha value is -0.330. The van der Waals surface area contributed by atoms with Crippen molar-refractivity contribution in [2.75, 3.05) is 0 Å². The molecule has 0 spiro atoms. The lowest BCUT2D eigenvalue weighted by molar-refractivity contribution is -0.207. The van der Waals surface area contributed by atoms with Crippen LogP contribution in [0.25, 0.3) is 0 Å². The Bertz CT molecular complexity index is 380. The first kappa shape index (κ1) is 12.7. The minimum atomic E-state index is -4.92. The zero-order valence-corrected chi connectivity index (χ0v) is 9.29. The summed E-state index contributed by atoms with van der Waals surface area (Å²) in [6, 6.07) is 1.96. The molecule has 1 rings (SSSR count). The van der Waals surface area contributed by atoms with Gasteiger partial charge in [0.2, 0.25) is 0 Å². The Balaban J connectivity index is 3.23. The molecule has 0 fully saturated rings. The first-order chi connectivity index (χ1) is 6.75. The fourth-order valence-electron chi connectivity index (χ4n) is 0.928. The Labute approximate surface area is 95.8 Å². The lowest BCUT2D eigenvalue weighted by Crippen LogP contribution is -2.21. The van der Waals surface area contributed by atoms with Crippen molar-refractivity contribution in [1.29, 1.82) is 0 Å². The highest BCUT2D eigenvalue weighted by Gasteiger charge is 2.41. The number of hydrogen-bond acceptors (Lipinski definition) is 1. The van der Waals surface area contributed by atoms with Crippen molar-refractivity contribution in [3.05, 3.63) is 33.0 Å². The molecule has 0 heterocycles. The van der Waals surface area contributed by atoms with Crippen LogP contribution in [0, 0.1) is 5.82 Å². The monoisotopic (exact) mass is 306 g/mol. The fraction of sp³-hybridized carbons (Fsp3) is 0.250. The largest absolute Gasteiger partial charge is 0.418 e. The van der Waals surface area contributed by atoms with Gasteiger partial charge in [-0.15, -0.1) is 0 Å². The molecular weight excluding hydrogens is 303 g/mol. The topological polar surface area (TPSA) is 20.2 Å². The highest BCUT2D eigenvalue weighted by molar-refractivity contribution is 9.10. The average Bonchev–Trinajstić information content (AvgIpc) is 2.12. The van der Waals surface area contributed by atoms with Crippen LogP contribution in [0.15, 0.2) is 16.6 Å². The van der Waals surface area contributed by atoms with Gasteiger partial charge >= 0.3 is 6.18 Å². The van der Waals surface area contributed by atoms with E-state index in [1.54, 1.807) is 0 Å². The van der Waals surface area contributed by atoms with Gasteiger partial charge in [0, 0.05) is 10.0 Å². The summed E-state index contributed by atoms with van der Waals surface area (Å²) in [6.45, 7) is 0. The Morgan fingerprint density at radius 2 is 1.87 bits per heavy atom. The number of aliphatic hydroxyl groups is 1. The van der Waals surface area contributed by atoms with Crippen molar-refractivity contribution in [1.82, 2.24) is 0 Å². The van der Waals surface area contributed by atoms with Crippen molar-refractivity contribution in [3.63, 3.8) is 0 Å². The molecule has 0 saturated carbocycles. The highest BCUT2D eigenvalue weighted by Crippen LogP contribution is 2.37. The molecule has 1 aromatic carbocycles. The standard InChI is InChI=1S/C8H4BrClF4O/c9-4-2-1-3(6(11)5(4)10)7(15)8(12,13)14/h1-2,7,15H/t7-/m1/s1. The molecule has 0 unspecified atom stereocenters. The number of aliphatic hydroxyl groups excluding tert-OH is 1. The molecule has 1 aromatic rings. The normalized spacial score (nSPS) is 14.1. The van der Waals surface area contributed by atoms with Gasteiger partial charge in [0.1, 0.15) is 5.82 Å². The molecule has 0 amide bonds. The minimum Gasteiger partial charge on any atom is -0.379 e. The van der Waals surface area contributed by atoms with Crippen LogP contribution >= 0.6 is 27.5 Å². The average molecular weight is 307 g/mol. The van der Waals surface area contributed by atoms with E-state index in [0.717, 1.165) is 12.1 Å². The second kappa shape index (κ2) is 4.27. The molecule has 84 valence electrons. The molecule has 0 bridgehead atoms. The summed E-state index contributed by atoms with van der Waals surface area (Å²) < 4.78 is 49.6. The summed E-state index contributed by atoms with van der Waals surface area (Å²) in [7, 11) is 0. The van der Waals surface area contributed by atoms with E-state index in [0.29, 0.717) is 0 Å². The third-order valence-electron chi connectivity index (χ3n) is 1.67. The molecule has 7 heteroatoms. The van der Waals surface area contributed by atoms with Crippen molar-refractivity contribution in [2.24, 2.45) is 0 Å². The van der Waals surface area contributed by atoms with E-state index in [9.17, 15) is 17.6 Å². The first-order valence-corrected chi connectivity index (χ1v) is 4.80. The fourth-order valence-corrected chi connectivity index (χ4v) is 1.41. The second-order valence-corrected chi connectivity index (χ2v) is 3.94. The predicted octanol–water partition coefficient (Wildman–Crippen LogP) is 3.84. The molecule has 0 aliphatic carbocycles. The van der Waals surface area contributed by atoms with Gasteiger partial charge in [-0.05, 0) is 22.0 Å². The van der Waals surface area contributed by atoms with Crippen LogP contribution in [0.4, 0.5) is 17.6 Å². The molecule has 0 aliphatic rings. The summed E-state index contributed by atoms with van der Waals surface area (Å²) in [4.78, 5) is 0. The Morgan fingerprint density at radius 1 is 1.33 bits per heavy atom. The van der Waals surface area contributed by atoms with Gasteiger partial charge in [-0.3, -0.25) is 0 Å². The van der Waals surface area contributed by atoms with Crippen molar-refractivity contribution < 1.29 is 22.7 Å². The van der Waals surface area contributed by atoms with E-state index >= 15 is 0 Å². The molecule has 1 N–H and O–H groups in total. The molecule has 0 radical (unpaired) electrons. The smallest absolute Gasteiger partial charge is 0.379 e. The lowest BCUT2D eigenvalue weighted by Gasteiger charge is -2.16. The van der Waals surface area contributed by atoms with E-state index in [4.69, 9.17) is 16.7 Å². The van der Waals surface area contributed by atoms with Gasteiger partial charge in [-0.2, -0.15) is 13.2 Å². The number of rotatable bonds is 1. The van der Waals surface area contributed by atoms with Crippen LogP contribution in [0.1, 0.15) is 11.7 Å². The van der Waals surface area contributed by atoms with Crippen molar-refractivity contribution >= 4 is 27.5 Å². The number of halogens is 6. The Morgan fingerprint density at radius 3 is 2.33 bits per heavy atom. The molecule has 0 saturated heterocycles. The van der Waals surface area contributed by atoms with Crippen LogP contribution in [-0.2, 0) is 0 Å². The van der Waals surface area contributed by atoms with Crippen LogP contribution < -0.4 is 0 Å². The molecule has 15 heavy (non-hydrogen) atoms. The van der Waals surface area contributed by atoms with Gasteiger partial charge in [0.15, 0.2) is 6.10 Å². The summed E-state index contributed by atoms with van der Waals surface area (Å²) in [5.74, 6) is -1.28. The maximum atomic E-state index is 13.2. The van der Waals surface area contributed by atoms with Gasteiger partial charge in [-0.1, -0.05) is 17.7 Å². The first-order valence-electron chi connectivity index (χ1n) is 3.63. The quantitative estimate of drug-likeness (QED) is 0.617. The zero-order valence-electron chi connectivity index (χ0n) is 6.95. The number of alkyl halides is 3. The summed E-state index contributed by atoms with van der Waals surface area (Å²) in [6.07, 6.45) is -7.79. The highest BCUT2D eigenvalue weighted by atomic mass is 79.9. The van der Waals surface area contributed by atoms with E-state index in [1.165, 1.54) is 0 Å². The van der Waals surface area contributed by atoms with E-state index in [-0.39, 0.29) is 4.47 Å². The van der Waals surface area contributed by atoms with Gasteiger partial charge in [0.05, 0.1) is 5.02 Å². The minimum absolute atomic E-state index is 0.125. The van der Waals surface area contributed by atoms with Gasteiger partial charge < -0.3 is 5.11 Å². The van der Waals surface area contributed by atoms with Crippen molar-refractivity contribution in [3.8, 4) is 0 Å². The van der Waals surface area contributed by atoms with Gasteiger partial charge in [0.25, 0.3) is 0 Å². The third kappa shape index (κ3) is 2.62. The maximum absolute atomic E-state index is 13.2. The third-order valence-corrected chi connectivity index (χ3v) is 2.93. The summed E-state index contributed by atoms with van der Waals surface area (Å²) in [5, 5.41) is 8.32. The molecular formula is C8H4BrClF4O. The predicted molar refractivity (Wildman–Crippen MR) is 50.1 cm³/mol. The van der Waals surface area contributed by atoms with Crippen molar-refractivity contribution in [2.45, 2.75) is 12.3 Å².